The third kappa shape index (κ3) is 5.97. The van der Waals surface area contributed by atoms with Crippen LogP contribution in [-0.4, -0.2) is 19.2 Å². The van der Waals surface area contributed by atoms with Crippen molar-refractivity contribution in [2.24, 2.45) is 5.11 Å². The summed E-state index contributed by atoms with van der Waals surface area (Å²) in [6.45, 7) is 5.29. The lowest BCUT2D eigenvalue weighted by molar-refractivity contribution is 0.289. The Bertz CT molecular complexity index is 786. The predicted molar refractivity (Wildman–Crippen MR) is 109 cm³/mol. The minimum atomic E-state index is 0.0716. The molecule has 2 aromatic rings. The molecule has 0 bridgehead atoms. The van der Waals surface area contributed by atoms with Crippen LogP contribution >= 0.6 is 11.6 Å². The van der Waals surface area contributed by atoms with Crippen LogP contribution in [0.2, 0.25) is 5.02 Å². The van der Waals surface area contributed by atoms with Crippen molar-refractivity contribution in [3.05, 3.63) is 53.1 Å². The third-order valence-corrected chi connectivity index (χ3v) is 4.59. The fourth-order valence-corrected chi connectivity index (χ4v) is 3.07. The molecule has 0 fully saturated rings. The lowest BCUT2D eigenvalue weighted by Gasteiger charge is -2.31. The van der Waals surface area contributed by atoms with Crippen molar-refractivity contribution >= 4 is 23.0 Å². The van der Waals surface area contributed by atoms with E-state index in [1.54, 1.807) is 12.1 Å². The summed E-state index contributed by atoms with van der Waals surface area (Å²) >= 11 is 5.91. The summed E-state index contributed by atoms with van der Waals surface area (Å²) in [6.07, 6.45) is 2.28. The van der Waals surface area contributed by atoms with Gasteiger partial charge in [-0.2, -0.15) is 10.4 Å². The molecule has 0 saturated heterocycles. The number of hydrogen-bond acceptors (Lipinski definition) is 5. The molecule has 142 valence electrons. The molecule has 0 spiro atoms. The highest BCUT2D eigenvalue weighted by Crippen LogP contribution is 2.28. The Morgan fingerprint density at radius 3 is 2.63 bits per heavy atom. The molecule has 27 heavy (non-hydrogen) atoms. The van der Waals surface area contributed by atoms with Crippen LogP contribution in [0.25, 0.3) is 0 Å². The lowest BCUT2D eigenvalue weighted by atomic mass is 10.1. The fraction of sp³-hybridized carbons (Fsp3) is 0.381. The van der Waals surface area contributed by atoms with Gasteiger partial charge in [0.1, 0.15) is 12.4 Å². The number of rotatable bonds is 10. The van der Waals surface area contributed by atoms with E-state index in [0.29, 0.717) is 30.3 Å². The van der Waals surface area contributed by atoms with Gasteiger partial charge >= 0.3 is 0 Å². The first-order valence-electron chi connectivity index (χ1n) is 9.11. The Kier molecular flexibility index (Phi) is 8.09. The number of hydrogen-bond donors (Lipinski definition) is 1. The van der Waals surface area contributed by atoms with Gasteiger partial charge in [-0.05, 0) is 61.4 Å². The van der Waals surface area contributed by atoms with Crippen molar-refractivity contribution in [2.75, 3.05) is 18.1 Å². The van der Waals surface area contributed by atoms with Gasteiger partial charge in [-0.3, -0.25) is 0 Å². The average Bonchev–Trinajstić information content (AvgIpc) is 2.68. The number of halogens is 1. The smallest absolute Gasteiger partial charge is 0.119 e. The Morgan fingerprint density at radius 1 is 1.26 bits per heavy atom. The van der Waals surface area contributed by atoms with Crippen molar-refractivity contribution in [2.45, 2.75) is 39.2 Å². The molecule has 5 nitrogen and oxygen atoms in total. The summed E-state index contributed by atoms with van der Waals surface area (Å²) in [6, 6.07) is 15.5. The molecular formula is C21H25ClN4O. The first kappa shape index (κ1) is 20.7. The van der Waals surface area contributed by atoms with E-state index in [0.717, 1.165) is 29.8 Å². The van der Waals surface area contributed by atoms with Crippen LogP contribution in [0.3, 0.4) is 0 Å². The van der Waals surface area contributed by atoms with Crippen LogP contribution in [0.5, 0.6) is 5.75 Å². The number of nitriles is 1. The largest absolute Gasteiger partial charge is 0.491 e. The zero-order valence-electron chi connectivity index (χ0n) is 15.8. The summed E-state index contributed by atoms with van der Waals surface area (Å²) in [5, 5.41) is 13.3. The topological polar surface area (TPSA) is 72.5 Å². The van der Waals surface area contributed by atoms with E-state index in [-0.39, 0.29) is 6.04 Å². The second-order valence-corrected chi connectivity index (χ2v) is 6.83. The zero-order valence-corrected chi connectivity index (χ0v) is 16.5. The second kappa shape index (κ2) is 10.5. The first-order chi connectivity index (χ1) is 13.1. The van der Waals surface area contributed by atoms with Crippen molar-refractivity contribution in [1.29, 1.82) is 10.8 Å². The molecule has 1 atom stereocenters. The molecule has 6 heteroatoms. The molecule has 0 heterocycles. The fourth-order valence-electron chi connectivity index (χ4n) is 2.94. The van der Waals surface area contributed by atoms with Gasteiger partial charge in [0.2, 0.25) is 0 Å². The van der Waals surface area contributed by atoms with Gasteiger partial charge < -0.3 is 9.64 Å². The maximum atomic E-state index is 9.04. The Labute approximate surface area is 166 Å². The average molecular weight is 385 g/mol. The molecular weight excluding hydrogens is 360 g/mol. The highest BCUT2D eigenvalue weighted by Gasteiger charge is 2.17. The molecule has 0 aliphatic heterocycles. The van der Waals surface area contributed by atoms with E-state index < -0.39 is 0 Å². The second-order valence-electron chi connectivity index (χ2n) is 6.39. The number of benzene rings is 2. The van der Waals surface area contributed by atoms with E-state index in [1.165, 1.54) is 0 Å². The van der Waals surface area contributed by atoms with Gasteiger partial charge in [0.15, 0.2) is 0 Å². The van der Waals surface area contributed by atoms with Crippen LogP contribution in [0.1, 0.15) is 32.3 Å². The molecule has 2 aromatic carbocycles. The van der Waals surface area contributed by atoms with Crippen molar-refractivity contribution in [1.82, 2.24) is 0 Å². The Hall–Kier alpha value is -2.58. The van der Waals surface area contributed by atoms with Gasteiger partial charge in [-0.1, -0.05) is 24.9 Å². The summed E-state index contributed by atoms with van der Waals surface area (Å²) in [7, 11) is 0. The Balaban J connectivity index is 2.17. The van der Waals surface area contributed by atoms with E-state index in [4.69, 9.17) is 27.1 Å². The molecule has 0 aliphatic carbocycles. The van der Waals surface area contributed by atoms with E-state index in [2.05, 4.69) is 36.0 Å². The molecule has 0 aromatic heterocycles. The van der Waals surface area contributed by atoms with E-state index >= 15 is 0 Å². The van der Waals surface area contributed by atoms with Crippen LogP contribution < -0.4 is 9.64 Å². The van der Waals surface area contributed by atoms with E-state index in [9.17, 15) is 0 Å². The molecule has 1 unspecified atom stereocenters. The normalized spacial score (nSPS) is 11.5. The maximum Gasteiger partial charge on any atom is 0.119 e. The molecule has 0 amide bonds. The van der Waals surface area contributed by atoms with Gasteiger partial charge in [-0.25, -0.2) is 5.53 Å². The molecule has 0 radical (unpaired) electrons. The highest BCUT2D eigenvalue weighted by atomic mass is 35.5. The number of nitrogens with one attached hydrogen (secondary N) is 1. The maximum absolute atomic E-state index is 9.04. The van der Waals surface area contributed by atoms with Crippen LogP contribution in [0, 0.1) is 16.9 Å². The molecule has 2 rings (SSSR count). The monoisotopic (exact) mass is 384 g/mol. The van der Waals surface area contributed by atoms with Crippen LogP contribution in [-0.2, 0) is 6.42 Å². The molecule has 0 aliphatic rings. The quantitative estimate of drug-likeness (QED) is 0.500. The lowest BCUT2D eigenvalue weighted by Crippen LogP contribution is -2.38. The van der Waals surface area contributed by atoms with Gasteiger partial charge in [0, 0.05) is 17.3 Å². The number of ether oxygens (including phenoxy) is 1. The number of aryl methyl sites for hydroxylation is 1. The van der Waals surface area contributed by atoms with E-state index in [1.807, 2.05) is 24.3 Å². The SMILES string of the molecule is CCCc1cc(N(CCC#N)C(C)COc2ccc(Cl)cc2)ccc1N=N. The van der Waals surface area contributed by atoms with Crippen LogP contribution in [0.4, 0.5) is 11.4 Å². The summed E-state index contributed by atoms with van der Waals surface area (Å²) in [5.41, 5.74) is 10.1. The third-order valence-electron chi connectivity index (χ3n) is 4.34. The highest BCUT2D eigenvalue weighted by molar-refractivity contribution is 6.30. The minimum absolute atomic E-state index is 0.0716. The number of anilines is 1. The number of nitrogens with zero attached hydrogens (tertiary/aromatic N) is 3. The van der Waals surface area contributed by atoms with Gasteiger partial charge in [0.25, 0.3) is 0 Å². The van der Waals surface area contributed by atoms with Crippen molar-refractivity contribution < 1.29 is 4.74 Å². The van der Waals surface area contributed by atoms with Gasteiger partial charge in [-0.15, -0.1) is 0 Å². The summed E-state index contributed by atoms with van der Waals surface area (Å²) in [5.74, 6) is 0.765. The summed E-state index contributed by atoms with van der Waals surface area (Å²) in [4.78, 5) is 2.17. The molecule has 0 saturated carbocycles. The predicted octanol–water partition coefficient (Wildman–Crippen LogP) is 6.14. The standard InChI is InChI=1S/C21H25ClN4O/c1-3-5-17-14-19(8-11-21(17)25-24)26(13-4-12-23)16(2)15-27-20-9-6-18(22)7-10-20/h6-11,14,16,24H,3-5,13,15H2,1-2H3. The van der Waals surface area contributed by atoms with Crippen LogP contribution in [0.15, 0.2) is 47.6 Å². The molecule has 1 N–H and O–H groups in total. The first-order valence-corrected chi connectivity index (χ1v) is 9.49. The minimum Gasteiger partial charge on any atom is -0.491 e. The van der Waals surface area contributed by atoms with Gasteiger partial charge in [0.05, 0.1) is 24.2 Å². The van der Waals surface area contributed by atoms with Crippen molar-refractivity contribution in [3.63, 3.8) is 0 Å². The summed E-state index contributed by atoms with van der Waals surface area (Å²) < 4.78 is 5.90. The Morgan fingerprint density at radius 2 is 2.00 bits per heavy atom. The zero-order chi connectivity index (χ0) is 19.6. The van der Waals surface area contributed by atoms with Crippen molar-refractivity contribution in [3.8, 4) is 11.8 Å².